The van der Waals surface area contributed by atoms with Crippen molar-refractivity contribution < 1.29 is 18.3 Å². The van der Waals surface area contributed by atoms with Crippen LogP contribution in [0.3, 0.4) is 0 Å². The lowest BCUT2D eigenvalue weighted by molar-refractivity contribution is -0.0501. The van der Waals surface area contributed by atoms with E-state index in [4.69, 9.17) is 0 Å². The van der Waals surface area contributed by atoms with Crippen LogP contribution >= 0.6 is 38.5 Å². The second kappa shape index (κ2) is 5.20. The average Bonchev–Trinajstić information content (AvgIpc) is 2.10. The summed E-state index contributed by atoms with van der Waals surface area (Å²) in [5.41, 5.74) is 0.141. The fourth-order valence-electron chi connectivity index (χ4n) is 1.06. The van der Waals surface area contributed by atoms with Crippen LogP contribution < -0.4 is 4.74 Å². The van der Waals surface area contributed by atoms with E-state index in [0.717, 1.165) is 3.57 Å². The molecular weight excluding hydrogens is 385 g/mol. The van der Waals surface area contributed by atoms with Crippen LogP contribution in [0.1, 0.15) is 17.3 Å². The molecule has 82 valence electrons. The molecule has 0 aliphatic heterocycles. The summed E-state index contributed by atoms with van der Waals surface area (Å²) in [7, 11) is 0. The van der Waals surface area contributed by atoms with Gasteiger partial charge in [0.05, 0.1) is 5.56 Å². The number of Topliss-reactive ketones (excluding diaryl/α,β-unsaturated/α-hetero) is 1. The fourth-order valence-corrected chi connectivity index (χ4v) is 2.11. The van der Waals surface area contributed by atoms with Crippen molar-refractivity contribution in [1.29, 1.82) is 0 Å². The first-order valence-corrected chi connectivity index (χ1v) is 5.74. The Morgan fingerprint density at radius 3 is 2.60 bits per heavy atom. The molecule has 1 rings (SSSR count). The smallest absolute Gasteiger partial charge is 0.387 e. The molecule has 0 atom stereocenters. The Balaban J connectivity index is 3.27. The average molecular weight is 391 g/mol. The lowest BCUT2D eigenvalue weighted by atomic mass is 10.1. The number of ketones is 1. The van der Waals surface area contributed by atoms with Gasteiger partial charge >= 0.3 is 6.61 Å². The number of hydrogen-bond acceptors (Lipinski definition) is 2. The maximum Gasteiger partial charge on any atom is 0.387 e. The van der Waals surface area contributed by atoms with Gasteiger partial charge in [0.15, 0.2) is 5.78 Å². The molecule has 0 heterocycles. The molecule has 6 heteroatoms. The molecule has 0 radical (unpaired) electrons. The first kappa shape index (κ1) is 12.8. The highest BCUT2D eigenvalue weighted by atomic mass is 127. The van der Waals surface area contributed by atoms with Crippen LogP contribution in [0.2, 0.25) is 0 Å². The van der Waals surface area contributed by atoms with Gasteiger partial charge in [0, 0.05) is 8.04 Å². The summed E-state index contributed by atoms with van der Waals surface area (Å²) < 4.78 is 29.6. The minimum Gasteiger partial charge on any atom is -0.434 e. The minimum absolute atomic E-state index is 0.107. The van der Waals surface area contributed by atoms with Gasteiger partial charge in [0.1, 0.15) is 5.75 Å². The number of hydrogen-bond donors (Lipinski definition) is 0. The highest BCUT2D eigenvalue weighted by Gasteiger charge is 2.17. The molecule has 0 aromatic heterocycles. The SMILES string of the molecule is CC(=O)c1c(OC(F)F)ccc(I)c1Br. The van der Waals surface area contributed by atoms with Crippen molar-refractivity contribution in [2.75, 3.05) is 0 Å². The predicted octanol–water partition coefficient (Wildman–Crippen LogP) is 3.86. The summed E-state index contributed by atoms with van der Waals surface area (Å²) in [6.07, 6.45) is 0. The third-order valence-corrected chi connectivity index (χ3v) is 4.09. The van der Waals surface area contributed by atoms with Crippen molar-refractivity contribution in [2.24, 2.45) is 0 Å². The maximum absolute atomic E-state index is 12.0. The van der Waals surface area contributed by atoms with Crippen LogP contribution in [0, 0.1) is 3.57 Å². The van der Waals surface area contributed by atoms with E-state index in [1.165, 1.54) is 13.0 Å². The van der Waals surface area contributed by atoms with Crippen LogP contribution in [-0.2, 0) is 0 Å². The molecular formula is C9H6BrF2IO2. The Bertz CT molecular complexity index is 396. The van der Waals surface area contributed by atoms with Crippen molar-refractivity contribution in [3.63, 3.8) is 0 Å². The predicted molar refractivity (Wildman–Crippen MR) is 63.5 cm³/mol. The van der Waals surface area contributed by atoms with Gasteiger partial charge in [-0.05, 0) is 57.6 Å². The highest BCUT2D eigenvalue weighted by Crippen LogP contribution is 2.32. The zero-order valence-corrected chi connectivity index (χ0v) is 11.3. The van der Waals surface area contributed by atoms with Gasteiger partial charge in [-0.15, -0.1) is 0 Å². The Morgan fingerprint density at radius 2 is 2.13 bits per heavy atom. The quantitative estimate of drug-likeness (QED) is 0.578. The van der Waals surface area contributed by atoms with Gasteiger partial charge in [-0.2, -0.15) is 8.78 Å². The number of rotatable bonds is 3. The molecule has 0 unspecified atom stereocenters. The van der Waals surface area contributed by atoms with E-state index in [1.807, 2.05) is 22.6 Å². The van der Waals surface area contributed by atoms with Crippen molar-refractivity contribution >= 4 is 44.3 Å². The molecule has 0 saturated carbocycles. The molecule has 2 nitrogen and oxygen atoms in total. The first-order valence-electron chi connectivity index (χ1n) is 3.87. The molecule has 0 aliphatic carbocycles. The van der Waals surface area contributed by atoms with Crippen LogP contribution in [0.25, 0.3) is 0 Å². The van der Waals surface area contributed by atoms with E-state index >= 15 is 0 Å². The number of ether oxygens (including phenoxy) is 1. The van der Waals surface area contributed by atoms with E-state index in [9.17, 15) is 13.6 Å². The Kier molecular flexibility index (Phi) is 4.45. The summed E-state index contributed by atoms with van der Waals surface area (Å²) in [4.78, 5) is 11.3. The number of benzene rings is 1. The third kappa shape index (κ3) is 3.10. The summed E-state index contributed by atoms with van der Waals surface area (Å²) >= 11 is 5.16. The van der Waals surface area contributed by atoms with Gasteiger partial charge in [-0.25, -0.2) is 0 Å². The van der Waals surface area contributed by atoms with Gasteiger partial charge in [-0.1, -0.05) is 0 Å². The van der Waals surface area contributed by atoms with Gasteiger partial charge in [-0.3, -0.25) is 4.79 Å². The topological polar surface area (TPSA) is 26.3 Å². The van der Waals surface area contributed by atoms with E-state index in [1.54, 1.807) is 6.07 Å². The monoisotopic (exact) mass is 390 g/mol. The summed E-state index contributed by atoms with van der Waals surface area (Å²) in [6, 6.07) is 2.95. The second-order valence-electron chi connectivity index (χ2n) is 2.67. The molecule has 0 saturated heterocycles. The van der Waals surface area contributed by atoms with E-state index < -0.39 is 6.61 Å². The number of alkyl halides is 2. The largest absolute Gasteiger partial charge is 0.434 e. The summed E-state index contributed by atoms with van der Waals surface area (Å²) in [5.74, 6) is -0.430. The van der Waals surface area contributed by atoms with Gasteiger partial charge in [0.25, 0.3) is 0 Å². The van der Waals surface area contributed by atoms with Crippen molar-refractivity contribution in [3.05, 3.63) is 25.7 Å². The van der Waals surface area contributed by atoms with E-state index in [-0.39, 0.29) is 17.1 Å². The lowest BCUT2D eigenvalue weighted by Gasteiger charge is -2.11. The van der Waals surface area contributed by atoms with Crippen molar-refractivity contribution in [1.82, 2.24) is 0 Å². The Morgan fingerprint density at radius 1 is 1.53 bits per heavy atom. The molecule has 0 spiro atoms. The van der Waals surface area contributed by atoms with E-state index in [2.05, 4.69) is 20.7 Å². The van der Waals surface area contributed by atoms with Crippen LogP contribution in [0.5, 0.6) is 5.75 Å². The second-order valence-corrected chi connectivity index (χ2v) is 4.62. The van der Waals surface area contributed by atoms with E-state index in [0.29, 0.717) is 4.47 Å². The maximum atomic E-state index is 12.0. The zero-order chi connectivity index (χ0) is 11.6. The summed E-state index contributed by atoms with van der Waals surface area (Å²) in [6.45, 7) is -1.64. The summed E-state index contributed by atoms with van der Waals surface area (Å²) in [5, 5.41) is 0. The number of carbonyl (C=O) groups excluding carboxylic acids is 1. The zero-order valence-electron chi connectivity index (χ0n) is 7.56. The molecule has 0 bridgehead atoms. The minimum atomic E-state index is -2.94. The van der Waals surface area contributed by atoms with Crippen molar-refractivity contribution in [3.8, 4) is 5.75 Å². The molecule has 0 amide bonds. The molecule has 15 heavy (non-hydrogen) atoms. The normalized spacial score (nSPS) is 10.5. The van der Waals surface area contributed by atoms with Gasteiger partial charge < -0.3 is 4.74 Å². The van der Waals surface area contributed by atoms with Crippen LogP contribution in [0.4, 0.5) is 8.78 Å². The third-order valence-electron chi connectivity index (χ3n) is 1.62. The van der Waals surface area contributed by atoms with Gasteiger partial charge in [0.2, 0.25) is 0 Å². The Labute approximate surface area is 107 Å². The molecule has 0 fully saturated rings. The molecule has 0 N–H and O–H groups in total. The number of halogens is 4. The Hall–Kier alpha value is -0.240. The standard InChI is InChI=1S/C9H6BrF2IO2/c1-4(14)7-6(15-9(11)12)3-2-5(13)8(7)10/h2-3,9H,1H3. The highest BCUT2D eigenvalue weighted by molar-refractivity contribution is 14.1. The van der Waals surface area contributed by atoms with Crippen LogP contribution in [-0.4, -0.2) is 12.4 Å². The van der Waals surface area contributed by atoms with Crippen molar-refractivity contribution in [2.45, 2.75) is 13.5 Å². The van der Waals surface area contributed by atoms with Crippen LogP contribution in [0.15, 0.2) is 16.6 Å². The molecule has 0 aliphatic rings. The molecule has 1 aromatic rings. The molecule has 1 aromatic carbocycles. The fraction of sp³-hybridized carbons (Fsp3) is 0.222. The first-order chi connectivity index (χ1) is 6.93. The number of carbonyl (C=O) groups is 1. The lowest BCUT2D eigenvalue weighted by Crippen LogP contribution is -2.07.